The zero-order valence-electron chi connectivity index (χ0n) is 8.73. The third-order valence-corrected chi connectivity index (χ3v) is 6.78. The minimum atomic E-state index is 0.527. The maximum Gasteiger partial charge on any atom is 0.0269 e. The maximum absolute atomic E-state index is 4.04. The molecule has 2 heteroatoms. The quantitative estimate of drug-likeness (QED) is 0.624. The lowest BCUT2D eigenvalue weighted by atomic mass is 9.49. The topological polar surface area (TPSA) is 0 Å². The molecule has 4 fully saturated rings. The van der Waals surface area contributed by atoms with Crippen LogP contribution in [0.2, 0.25) is 0 Å². The van der Waals surface area contributed by atoms with Crippen molar-refractivity contribution >= 4 is 31.9 Å². The van der Waals surface area contributed by atoms with Crippen LogP contribution in [0.5, 0.6) is 0 Å². The average molecular weight is 322 g/mol. The summed E-state index contributed by atoms with van der Waals surface area (Å²) in [6.45, 7) is 2.36. The highest BCUT2D eigenvalue weighted by Gasteiger charge is 2.57. The van der Waals surface area contributed by atoms with Crippen molar-refractivity contribution in [3.8, 4) is 0 Å². The zero-order chi connectivity index (χ0) is 9.97. The van der Waals surface area contributed by atoms with E-state index in [9.17, 15) is 0 Å². The number of hydrogen-bond donors (Lipinski definition) is 0. The molecule has 14 heavy (non-hydrogen) atoms. The molecular formula is C12H18Br2. The molecule has 4 bridgehead atoms. The van der Waals surface area contributed by atoms with Crippen LogP contribution in [0.4, 0.5) is 0 Å². The van der Waals surface area contributed by atoms with Gasteiger partial charge in [0, 0.05) is 9.15 Å². The fourth-order valence-corrected chi connectivity index (χ4v) is 6.70. The van der Waals surface area contributed by atoms with Gasteiger partial charge in [0.05, 0.1) is 0 Å². The Morgan fingerprint density at radius 1 is 1.14 bits per heavy atom. The van der Waals surface area contributed by atoms with E-state index in [4.69, 9.17) is 0 Å². The molecule has 0 heterocycles. The first kappa shape index (κ1) is 10.1. The van der Waals surface area contributed by atoms with Crippen molar-refractivity contribution in [1.29, 1.82) is 0 Å². The molecule has 0 amide bonds. The van der Waals surface area contributed by atoms with Gasteiger partial charge < -0.3 is 0 Å². The molecule has 4 saturated carbocycles. The molecule has 80 valence electrons. The predicted octanol–water partition coefficient (Wildman–Crippen LogP) is 4.50. The van der Waals surface area contributed by atoms with Gasteiger partial charge in [-0.15, -0.1) is 0 Å². The Morgan fingerprint density at radius 3 is 2.14 bits per heavy atom. The van der Waals surface area contributed by atoms with Crippen LogP contribution in [0.15, 0.2) is 0 Å². The number of rotatable bonds is 1. The Bertz CT molecular complexity index is 245. The van der Waals surface area contributed by atoms with Crippen molar-refractivity contribution in [2.24, 2.45) is 17.3 Å². The van der Waals surface area contributed by atoms with Gasteiger partial charge in [-0.1, -0.05) is 38.8 Å². The lowest BCUT2D eigenvalue weighted by Crippen LogP contribution is -2.55. The Labute approximate surface area is 103 Å². The second-order valence-corrected chi connectivity index (χ2v) is 9.15. The minimum absolute atomic E-state index is 0.527. The van der Waals surface area contributed by atoms with Gasteiger partial charge in [-0.25, -0.2) is 0 Å². The van der Waals surface area contributed by atoms with Crippen LogP contribution in [-0.4, -0.2) is 9.15 Å². The fraction of sp³-hybridized carbons (Fsp3) is 1.00. The summed E-state index contributed by atoms with van der Waals surface area (Å²) in [6.07, 6.45) is 8.82. The summed E-state index contributed by atoms with van der Waals surface area (Å²) in [5, 5.41) is 0. The highest BCUT2D eigenvalue weighted by atomic mass is 79.9. The van der Waals surface area contributed by atoms with Crippen LogP contribution in [0, 0.1) is 17.3 Å². The van der Waals surface area contributed by atoms with Gasteiger partial charge in [-0.3, -0.25) is 0 Å². The number of halogens is 2. The molecule has 4 aliphatic rings. The first-order valence-electron chi connectivity index (χ1n) is 5.84. The molecule has 0 aromatic heterocycles. The Kier molecular flexibility index (Phi) is 2.17. The molecule has 0 aliphatic heterocycles. The second kappa shape index (κ2) is 3.00. The summed E-state index contributed by atoms with van der Waals surface area (Å²) < 4.78 is 0.527. The lowest BCUT2D eigenvalue weighted by molar-refractivity contribution is -0.0322. The zero-order valence-corrected chi connectivity index (χ0v) is 11.9. The van der Waals surface area contributed by atoms with Gasteiger partial charge in [-0.2, -0.15) is 0 Å². The summed E-state index contributed by atoms with van der Waals surface area (Å²) in [5.41, 5.74) is 0.633. The van der Waals surface area contributed by atoms with Gasteiger partial charge in [0.15, 0.2) is 0 Å². The van der Waals surface area contributed by atoms with E-state index in [1.807, 2.05) is 0 Å². The van der Waals surface area contributed by atoms with Gasteiger partial charge in [0.1, 0.15) is 0 Å². The molecule has 4 rings (SSSR count). The molecule has 0 spiro atoms. The first-order valence-corrected chi connectivity index (χ1v) is 7.55. The summed E-state index contributed by atoms with van der Waals surface area (Å²) in [5.74, 6) is 2.05. The van der Waals surface area contributed by atoms with Crippen molar-refractivity contribution in [1.82, 2.24) is 0 Å². The molecule has 0 nitrogen and oxygen atoms in total. The first-order chi connectivity index (χ1) is 6.51. The molecule has 0 N–H and O–H groups in total. The summed E-state index contributed by atoms with van der Waals surface area (Å²) >= 11 is 7.91. The van der Waals surface area contributed by atoms with E-state index < -0.39 is 0 Å². The van der Waals surface area contributed by atoms with Crippen LogP contribution in [-0.2, 0) is 0 Å². The van der Waals surface area contributed by atoms with Crippen LogP contribution >= 0.6 is 31.9 Å². The SMILES string of the molecule is C[C@H](Br)C12C[C@@H]3C[C@@H](CC(Br)(C3)C1)C2. The highest BCUT2D eigenvalue weighted by molar-refractivity contribution is 9.10. The summed E-state index contributed by atoms with van der Waals surface area (Å²) in [4.78, 5) is 0.706. The van der Waals surface area contributed by atoms with Crippen molar-refractivity contribution in [3.63, 3.8) is 0 Å². The Hall–Kier alpha value is 0.960. The van der Waals surface area contributed by atoms with Gasteiger partial charge in [0.25, 0.3) is 0 Å². The summed E-state index contributed by atoms with van der Waals surface area (Å²) in [6, 6.07) is 0. The van der Waals surface area contributed by atoms with E-state index >= 15 is 0 Å². The standard InChI is InChI=1S/C12H18Br2/c1-8(13)11-3-9-2-10(4-11)6-12(14,5-9)7-11/h8-10H,2-7H2,1H3/t8-,9-,10+,11?,12?/m0/s1. The second-order valence-electron chi connectivity index (χ2n) is 6.09. The van der Waals surface area contributed by atoms with E-state index in [0.29, 0.717) is 14.6 Å². The van der Waals surface area contributed by atoms with E-state index in [1.54, 1.807) is 0 Å². The predicted molar refractivity (Wildman–Crippen MR) is 67.2 cm³/mol. The lowest BCUT2D eigenvalue weighted by Gasteiger charge is -2.61. The van der Waals surface area contributed by atoms with E-state index in [2.05, 4.69) is 38.8 Å². The molecule has 0 radical (unpaired) electrons. The minimum Gasteiger partial charge on any atom is -0.0888 e. The number of hydrogen-bond acceptors (Lipinski definition) is 0. The molecule has 0 saturated heterocycles. The highest BCUT2D eigenvalue weighted by Crippen LogP contribution is 2.66. The van der Waals surface area contributed by atoms with Crippen molar-refractivity contribution in [2.45, 2.75) is 54.6 Å². The van der Waals surface area contributed by atoms with Crippen LogP contribution in [0.25, 0.3) is 0 Å². The monoisotopic (exact) mass is 320 g/mol. The molecule has 5 atom stereocenters. The smallest absolute Gasteiger partial charge is 0.0269 e. The molecule has 0 aromatic carbocycles. The Morgan fingerprint density at radius 2 is 1.71 bits per heavy atom. The van der Waals surface area contributed by atoms with Gasteiger partial charge in [0.2, 0.25) is 0 Å². The van der Waals surface area contributed by atoms with Crippen LogP contribution in [0.3, 0.4) is 0 Å². The average Bonchev–Trinajstić information content (AvgIpc) is 1.98. The van der Waals surface area contributed by atoms with Gasteiger partial charge in [-0.05, 0) is 55.8 Å². The molecule has 2 unspecified atom stereocenters. The molecule has 4 aliphatic carbocycles. The number of alkyl halides is 2. The van der Waals surface area contributed by atoms with Crippen molar-refractivity contribution < 1.29 is 0 Å². The Balaban J connectivity index is 1.96. The van der Waals surface area contributed by atoms with Crippen molar-refractivity contribution in [2.75, 3.05) is 0 Å². The third-order valence-electron chi connectivity index (χ3n) is 4.88. The molecule has 0 aromatic rings. The van der Waals surface area contributed by atoms with Crippen LogP contribution in [0.1, 0.15) is 45.4 Å². The van der Waals surface area contributed by atoms with E-state index in [1.165, 1.54) is 38.5 Å². The van der Waals surface area contributed by atoms with E-state index in [0.717, 1.165) is 11.8 Å². The van der Waals surface area contributed by atoms with Crippen molar-refractivity contribution in [3.05, 3.63) is 0 Å². The molecular weight excluding hydrogens is 304 g/mol. The fourth-order valence-electron chi connectivity index (χ4n) is 4.69. The summed E-state index contributed by atoms with van der Waals surface area (Å²) in [7, 11) is 0. The van der Waals surface area contributed by atoms with Gasteiger partial charge >= 0.3 is 0 Å². The largest absolute Gasteiger partial charge is 0.0888 e. The van der Waals surface area contributed by atoms with Crippen LogP contribution < -0.4 is 0 Å². The maximum atomic E-state index is 4.04. The van der Waals surface area contributed by atoms with E-state index in [-0.39, 0.29) is 0 Å². The third kappa shape index (κ3) is 1.36. The normalized spacial score (nSPS) is 57.6.